The molecule has 1 N–H and O–H groups in total. The topological polar surface area (TPSA) is 54.4 Å². The summed E-state index contributed by atoms with van der Waals surface area (Å²) in [5.74, 6) is 0. The first kappa shape index (κ1) is 11.5. The van der Waals surface area contributed by atoms with E-state index in [0.717, 1.165) is 31.6 Å². The first-order valence-corrected chi connectivity index (χ1v) is 6.23. The summed E-state index contributed by atoms with van der Waals surface area (Å²) >= 11 is 0. The SMILES string of the molecule is OCC1CCn2nccc2CN1Cc1ccoc1. The first-order chi connectivity index (χ1) is 8.86. The zero-order valence-corrected chi connectivity index (χ0v) is 10.2. The normalized spacial score (nSPS) is 20.6. The highest BCUT2D eigenvalue weighted by molar-refractivity contribution is 5.08. The van der Waals surface area contributed by atoms with Crippen molar-refractivity contribution < 1.29 is 9.52 Å². The summed E-state index contributed by atoms with van der Waals surface area (Å²) in [6, 6.07) is 4.19. The number of rotatable bonds is 3. The molecular weight excluding hydrogens is 230 g/mol. The fraction of sp³-hybridized carbons (Fsp3) is 0.462. The van der Waals surface area contributed by atoms with Crippen molar-refractivity contribution in [2.75, 3.05) is 6.61 Å². The molecule has 2 aromatic rings. The summed E-state index contributed by atoms with van der Waals surface area (Å²) < 4.78 is 7.13. The summed E-state index contributed by atoms with van der Waals surface area (Å²) in [5.41, 5.74) is 2.34. The van der Waals surface area contributed by atoms with Gasteiger partial charge in [-0.05, 0) is 18.6 Å². The van der Waals surface area contributed by atoms with Gasteiger partial charge in [-0.1, -0.05) is 0 Å². The minimum atomic E-state index is 0.182. The average molecular weight is 247 g/mol. The van der Waals surface area contributed by atoms with Gasteiger partial charge in [0.15, 0.2) is 0 Å². The Bertz CT molecular complexity index is 492. The lowest BCUT2D eigenvalue weighted by Crippen LogP contribution is -2.36. The smallest absolute Gasteiger partial charge is 0.0947 e. The molecule has 1 unspecified atom stereocenters. The van der Waals surface area contributed by atoms with Crippen LogP contribution in [0.4, 0.5) is 0 Å². The highest BCUT2D eigenvalue weighted by Gasteiger charge is 2.23. The summed E-state index contributed by atoms with van der Waals surface area (Å²) in [4.78, 5) is 2.28. The van der Waals surface area contributed by atoms with Crippen molar-refractivity contribution in [1.82, 2.24) is 14.7 Å². The molecule has 96 valence electrons. The van der Waals surface area contributed by atoms with Gasteiger partial charge in [0.2, 0.25) is 0 Å². The predicted octanol–water partition coefficient (Wildman–Crippen LogP) is 1.24. The van der Waals surface area contributed by atoms with Crippen LogP contribution in [0.15, 0.2) is 35.3 Å². The third-order valence-corrected chi connectivity index (χ3v) is 3.54. The minimum absolute atomic E-state index is 0.182. The van der Waals surface area contributed by atoms with Gasteiger partial charge < -0.3 is 9.52 Å². The second-order valence-electron chi connectivity index (χ2n) is 4.71. The maximum atomic E-state index is 9.54. The Hall–Kier alpha value is -1.59. The van der Waals surface area contributed by atoms with E-state index in [1.54, 1.807) is 12.5 Å². The Morgan fingerprint density at radius 1 is 1.44 bits per heavy atom. The lowest BCUT2D eigenvalue weighted by molar-refractivity contribution is 0.107. The molecule has 0 saturated heterocycles. The van der Waals surface area contributed by atoms with Gasteiger partial charge in [0.05, 0.1) is 24.8 Å². The highest BCUT2D eigenvalue weighted by atomic mass is 16.3. The van der Waals surface area contributed by atoms with Crippen LogP contribution in [0.25, 0.3) is 0 Å². The van der Waals surface area contributed by atoms with E-state index >= 15 is 0 Å². The largest absolute Gasteiger partial charge is 0.472 e. The molecule has 2 aromatic heterocycles. The zero-order valence-electron chi connectivity index (χ0n) is 10.2. The molecule has 0 bridgehead atoms. The second-order valence-corrected chi connectivity index (χ2v) is 4.71. The van der Waals surface area contributed by atoms with Gasteiger partial charge in [0.1, 0.15) is 0 Å². The lowest BCUT2D eigenvalue weighted by atomic mass is 10.1. The van der Waals surface area contributed by atoms with E-state index < -0.39 is 0 Å². The number of fused-ring (bicyclic) bond motifs is 1. The number of hydrogen-bond donors (Lipinski definition) is 1. The van der Waals surface area contributed by atoms with Gasteiger partial charge in [-0.2, -0.15) is 5.10 Å². The minimum Gasteiger partial charge on any atom is -0.472 e. The van der Waals surface area contributed by atoms with Crippen molar-refractivity contribution in [2.24, 2.45) is 0 Å². The fourth-order valence-corrected chi connectivity index (χ4v) is 2.50. The van der Waals surface area contributed by atoms with Gasteiger partial charge in [-0.3, -0.25) is 9.58 Å². The van der Waals surface area contributed by atoms with Crippen LogP contribution in [0.5, 0.6) is 0 Å². The Morgan fingerprint density at radius 2 is 2.39 bits per heavy atom. The molecule has 0 fully saturated rings. The van der Waals surface area contributed by atoms with Crippen LogP contribution in [0, 0.1) is 0 Å². The van der Waals surface area contributed by atoms with E-state index in [1.165, 1.54) is 5.69 Å². The van der Waals surface area contributed by atoms with Gasteiger partial charge in [-0.15, -0.1) is 0 Å². The molecule has 0 amide bonds. The van der Waals surface area contributed by atoms with Crippen LogP contribution in [0.1, 0.15) is 17.7 Å². The molecule has 0 saturated carbocycles. The van der Waals surface area contributed by atoms with E-state index in [4.69, 9.17) is 4.42 Å². The Balaban J connectivity index is 1.80. The Morgan fingerprint density at radius 3 is 3.17 bits per heavy atom. The fourth-order valence-electron chi connectivity index (χ4n) is 2.50. The molecular formula is C13H17N3O2. The van der Waals surface area contributed by atoms with Crippen LogP contribution in [0.3, 0.4) is 0 Å². The van der Waals surface area contributed by atoms with E-state index in [1.807, 2.05) is 23.0 Å². The van der Waals surface area contributed by atoms with Crippen molar-refractivity contribution >= 4 is 0 Å². The molecule has 0 spiro atoms. The molecule has 0 aromatic carbocycles. The van der Waals surface area contributed by atoms with Crippen LogP contribution in [-0.2, 0) is 19.6 Å². The molecule has 1 aliphatic rings. The van der Waals surface area contributed by atoms with Gasteiger partial charge in [0, 0.05) is 37.4 Å². The van der Waals surface area contributed by atoms with E-state index in [-0.39, 0.29) is 12.6 Å². The monoisotopic (exact) mass is 247 g/mol. The van der Waals surface area contributed by atoms with Crippen molar-refractivity contribution in [1.29, 1.82) is 0 Å². The number of aliphatic hydroxyl groups is 1. The maximum Gasteiger partial charge on any atom is 0.0947 e. The van der Waals surface area contributed by atoms with Crippen LogP contribution < -0.4 is 0 Å². The molecule has 3 rings (SSSR count). The van der Waals surface area contributed by atoms with Crippen molar-refractivity contribution in [2.45, 2.75) is 32.1 Å². The molecule has 0 aliphatic carbocycles. The van der Waals surface area contributed by atoms with Gasteiger partial charge >= 0.3 is 0 Å². The van der Waals surface area contributed by atoms with E-state index in [2.05, 4.69) is 10.00 Å². The summed E-state index contributed by atoms with van der Waals surface area (Å²) in [6.07, 6.45) is 6.20. The van der Waals surface area contributed by atoms with Crippen LogP contribution in [0.2, 0.25) is 0 Å². The number of aromatic nitrogens is 2. The molecule has 3 heterocycles. The number of furan rings is 1. The Kier molecular flexibility index (Phi) is 3.17. The molecule has 1 aliphatic heterocycles. The van der Waals surface area contributed by atoms with Crippen molar-refractivity contribution in [3.05, 3.63) is 42.1 Å². The number of aryl methyl sites for hydroxylation is 1. The lowest BCUT2D eigenvalue weighted by Gasteiger charge is -2.27. The summed E-state index contributed by atoms with van der Waals surface area (Å²) in [7, 11) is 0. The van der Waals surface area contributed by atoms with Crippen molar-refractivity contribution in [3.63, 3.8) is 0 Å². The number of aliphatic hydroxyl groups excluding tert-OH is 1. The van der Waals surface area contributed by atoms with Crippen LogP contribution >= 0.6 is 0 Å². The predicted molar refractivity (Wildman–Crippen MR) is 65.7 cm³/mol. The zero-order chi connectivity index (χ0) is 12.4. The number of nitrogens with zero attached hydrogens (tertiary/aromatic N) is 3. The Labute approximate surface area is 106 Å². The maximum absolute atomic E-state index is 9.54. The third kappa shape index (κ3) is 2.19. The van der Waals surface area contributed by atoms with Gasteiger partial charge in [0.25, 0.3) is 0 Å². The number of hydrogen-bond acceptors (Lipinski definition) is 4. The quantitative estimate of drug-likeness (QED) is 0.886. The van der Waals surface area contributed by atoms with E-state index in [0.29, 0.717) is 0 Å². The third-order valence-electron chi connectivity index (χ3n) is 3.54. The molecule has 0 radical (unpaired) electrons. The van der Waals surface area contributed by atoms with Gasteiger partial charge in [-0.25, -0.2) is 0 Å². The second kappa shape index (κ2) is 4.96. The summed E-state index contributed by atoms with van der Waals surface area (Å²) in [6.45, 7) is 2.67. The van der Waals surface area contributed by atoms with Crippen LogP contribution in [-0.4, -0.2) is 32.4 Å². The summed E-state index contributed by atoms with van der Waals surface area (Å²) in [5, 5.41) is 13.8. The average Bonchev–Trinajstić information content (AvgIpc) is 3.00. The molecule has 5 heteroatoms. The standard InChI is InChI=1S/C13H17N3O2/c17-9-13-2-5-16-12(1-4-14-16)8-15(13)7-11-3-6-18-10-11/h1,3-4,6,10,13,17H,2,5,7-9H2. The van der Waals surface area contributed by atoms with E-state index in [9.17, 15) is 5.11 Å². The molecule has 5 nitrogen and oxygen atoms in total. The molecule has 18 heavy (non-hydrogen) atoms. The molecule has 1 atom stereocenters. The van der Waals surface area contributed by atoms with Crippen molar-refractivity contribution in [3.8, 4) is 0 Å². The first-order valence-electron chi connectivity index (χ1n) is 6.23. The highest BCUT2D eigenvalue weighted by Crippen LogP contribution is 2.19.